The van der Waals surface area contributed by atoms with E-state index in [0.717, 1.165) is 5.69 Å². The zero-order chi connectivity index (χ0) is 10.6. The highest BCUT2D eigenvalue weighted by molar-refractivity contribution is 6.32. The maximum absolute atomic E-state index is 8.72. The van der Waals surface area contributed by atoms with Gasteiger partial charge in [0.2, 0.25) is 0 Å². The monoisotopic (exact) mass is 234 g/mol. The summed E-state index contributed by atoms with van der Waals surface area (Å²) < 4.78 is 0. The number of aromatic nitrogens is 1. The molecular weight excluding hydrogens is 223 g/mol. The second kappa shape index (κ2) is 5.51. The number of halogens is 2. The van der Waals surface area contributed by atoms with Crippen molar-refractivity contribution in [1.82, 2.24) is 9.88 Å². The van der Waals surface area contributed by atoms with Crippen LogP contribution in [0.5, 0.6) is 0 Å². The lowest BCUT2D eigenvalue weighted by atomic mass is 10.3. The lowest BCUT2D eigenvalue weighted by molar-refractivity contribution is 0.216. The molecule has 0 spiro atoms. The van der Waals surface area contributed by atoms with E-state index in [0.29, 0.717) is 23.3 Å². The summed E-state index contributed by atoms with van der Waals surface area (Å²) in [5.74, 6) is 0. The van der Waals surface area contributed by atoms with Gasteiger partial charge in [0.25, 0.3) is 0 Å². The number of pyridine rings is 1. The molecule has 0 aliphatic carbocycles. The molecule has 14 heavy (non-hydrogen) atoms. The van der Waals surface area contributed by atoms with Crippen LogP contribution in [0.3, 0.4) is 0 Å². The summed E-state index contributed by atoms with van der Waals surface area (Å²) >= 11 is 11.7. The summed E-state index contributed by atoms with van der Waals surface area (Å²) in [5, 5.41) is 9.75. The van der Waals surface area contributed by atoms with Gasteiger partial charge >= 0.3 is 0 Å². The molecule has 1 aromatic heterocycles. The largest absolute Gasteiger partial charge is 0.395 e. The van der Waals surface area contributed by atoms with Crippen LogP contribution in [0, 0.1) is 0 Å². The highest BCUT2D eigenvalue weighted by Gasteiger charge is 2.06. The molecule has 0 aliphatic rings. The zero-order valence-corrected chi connectivity index (χ0v) is 9.39. The van der Waals surface area contributed by atoms with Gasteiger partial charge in [-0.15, -0.1) is 0 Å². The van der Waals surface area contributed by atoms with Crippen molar-refractivity contribution in [1.29, 1.82) is 0 Å². The van der Waals surface area contributed by atoms with E-state index in [4.69, 9.17) is 28.3 Å². The van der Waals surface area contributed by atoms with Crippen molar-refractivity contribution in [2.45, 2.75) is 6.54 Å². The molecule has 0 unspecified atom stereocenters. The SMILES string of the molecule is CN(CCO)Cc1nc(Cl)ccc1Cl. The van der Waals surface area contributed by atoms with Crippen LogP contribution in [0.25, 0.3) is 0 Å². The summed E-state index contributed by atoms with van der Waals surface area (Å²) in [6.45, 7) is 1.29. The standard InChI is InChI=1S/C9H12Cl2N2O/c1-13(4-5-14)6-8-7(10)2-3-9(11)12-8/h2-3,14H,4-6H2,1H3. The van der Waals surface area contributed by atoms with Crippen LogP contribution in [0.15, 0.2) is 12.1 Å². The Kier molecular flexibility index (Phi) is 4.62. The Balaban J connectivity index is 2.70. The van der Waals surface area contributed by atoms with E-state index in [-0.39, 0.29) is 6.61 Å². The number of hydrogen-bond acceptors (Lipinski definition) is 3. The minimum atomic E-state index is 0.120. The van der Waals surface area contributed by atoms with Gasteiger partial charge in [-0.05, 0) is 19.2 Å². The van der Waals surface area contributed by atoms with Gasteiger partial charge in [0.05, 0.1) is 17.3 Å². The Morgan fingerprint density at radius 2 is 2.14 bits per heavy atom. The molecule has 0 radical (unpaired) electrons. The molecule has 1 aromatic rings. The van der Waals surface area contributed by atoms with Crippen LogP contribution in [0.2, 0.25) is 10.2 Å². The maximum atomic E-state index is 8.72. The van der Waals surface area contributed by atoms with E-state index in [1.54, 1.807) is 12.1 Å². The smallest absolute Gasteiger partial charge is 0.129 e. The summed E-state index contributed by atoms with van der Waals surface area (Å²) in [7, 11) is 1.88. The molecule has 5 heteroatoms. The molecule has 1 N–H and O–H groups in total. The number of rotatable bonds is 4. The third-order valence-corrected chi connectivity index (χ3v) is 2.34. The molecule has 78 valence electrons. The van der Waals surface area contributed by atoms with Crippen molar-refractivity contribution in [3.63, 3.8) is 0 Å². The van der Waals surface area contributed by atoms with E-state index in [1.807, 2.05) is 11.9 Å². The predicted octanol–water partition coefficient (Wildman–Crippen LogP) is 1.81. The summed E-state index contributed by atoms with van der Waals surface area (Å²) in [4.78, 5) is 6.03. The Morgan fingerprint density at radius 3 is 2.79 bits per heavy atom. The van der Waals surface area contributed by atoms with E-state index in [9.17, 15) is 0 Å². The number of aliphatic hydroxyl groups is 1. The Morgan fingerprint density at radius 1 is 1.43 bits per heavy atom. The molecule has 0 amide bonds. The van der Waals surface area contributed by atoms with Crippen molar-refractivity contribution in [3.8, 4) is 0 Å². The summed E-state index contributed by atoms with van der Waals surface area (Å²) in [6, 6.07) is 3.37. The molecule has 0 aliphatic heterocycles. The zero-order valence-electron chi connectivity index (χ0n) is 7.87. The topological polar surface area (TPSA) is 36.4 Å². The fourth-order valence-corrected chi connectivity index (χ4v) is 1.40. The van der Waals surface area contributed by atoms with Gasteiger partial charge in [-0.3, -0.25) is 4.90 Å². The van der Waals surface area contributed by atoms with E-state index in [2.05, 4.69) is 4.98 Å². The molecular formula is C9H12Cl2N2O. The van der Waals surface area contributed by atoms with Gasteiger partial charge < -0.3 is 5.11 Å². The third kappa shape index (κ3) is 3.42. The van der Waals surface area contributed by atoms with Crippen LogP contribution in [0.1, 0.15) is 5.69 Å². The first-order chi connectivity index (χ1) is 6.63. The molecule has 0 saturated carbocycles. The fraction of sp³-hybridized carbons (Fsp3) is 0.444. The number of nitrogens with zero attached hydrogens (tertiary/aromatic N) is 2. The highest BCUT2D eigenvalue weighted by atomic mass is 35.5. The average Bonchev–Trinajstić information content (AvgIpc) is 2.12. The first kappa shape index (κ1) is 11.7. The van der Waals surface area contributed by atoms with E-state index in [1.165, 1.54) is 0 Å². The van der Waals surface area contributed by atoms with Gasteiger partial charge in [-0.1, -0.05) is 23.2 Å². The first-order valence-corrected chi connectivity index (χ1v) is 4.99. The quantitative estimate of drug-likeness (QED) is 0.808. The first-order valence-electron chi connectivity index (χ1n) is 4.24. The molecule has 3 nitrogen and oxygen atoms in total. The minimum Gasteiger partial charge on any atom is -0.395 e. The van der Waals surface area contributed by atoms with Gasteiger partial charge in [0, 0.05) is 13.1 Å². The van der Waals surface area contributed by atoms with Crippen molar-refractivity contribution in [2.75, 3.05) is 20.2 Å². The van der Waals surface area contributed by atoms with Gasteiger partial charge in [0.1, 0.15) is 5.15 Å². The molecule has 1 heterocycles. The lowest BCUT2D eigenvalue weighted by Gasteiger charge is -2.15. The Labute approximate surface area is 93.3 Å². The highest BCUT2D eigenvalue weighted by Crippen LogP contribution is 2.17. The van der Waals surface area contributed by atoms with Crippen LogP contribution < -0.4 is 0 Å². The van der Waals surface area contributed by atoms with Crippen molar-refractivity contribution in [3.05, 3.63) is 28.0 Å². The molecule has 1 rings (SSSR count). The number of likely N-dealkylation sites (N-methyl/N-ethyl adjacent to an activating group) is 1. The Hall–Kier alpha value is -0.350. The molecule has 0 aromatic carbocycles. The van der Waals surface area contributed by atoms with Crippen molar-refractivity contribution >= 4 is 23.2 Å². The lowest BCUT2D eigenvalue weighted by Crippen LogP contribution is -2.22. The fourth-order valence-electron chi connectivity index (χ4n) is 1.07. The van der Waals surface area contributed by atoms with E-state index < -0.39 is 0 Å². The molecule has 0 saturated heterocycles. The van der Waals surface area contributed by atoms with Crippen LogP contribution >= 0.6 is 23.2 Å². The second-order valence-corrected chi connectivity index (χ2v) is 3.82. The predicted molar refractivity (Wildman–Crippen MR) is 57.7 cm³/mol. The summed E-state index contributed by atoms with van der Waals surface area (Å²) in [5.41, 5.74) is 0.732. The molecule has 0 bridgehead atoms. The van der Waals surface area contributed by atoms with Gasteiger partial charge in [-0.25, -0.2) is 4.98 Å². The van der Waals surface area contributed by atoms with E-state index >= 15 is 0 Å². The van der Waals surface area contributed by atoms with Crippen LogP contribution in [-0.2, 0) is 6.54 Å². The van der Waals surface area contributed by atoms with Crippen molar-refractivity contribution < 1.29 is 5.11 Å². The van der Waals surface area contributed by atoms with Gasteiger partial charge in [-0.2, -0.15) is 0 Å². The van der Waals surface area contributed by atoms with Crippen LogP contribution in [-0.4, -0.2) is 35.2 Å². The maximum Gasteiger partial charge on any atom is 0.129 e. The number of hydrogen-bond donors (Lipinski definition) is 1. The van der Waals surface area contributed by atoms with Crippen molar-refractivity contribution in [2.24, 2.45) is 0 Å². The summed E-state index contributed by atoms with van der Waals surface area (Å²) in [6.07, 6.45) is 0. The third-order valence-electron chi connectivity index (χ3n) is 1.79. The molecule has 0 atom stereocenters. The average molecular weight is 235 g/mol. The normalized spacial score (nSPS) is 10.9. The molecule has 0 fully saturated rings. The second-order valence-electron chi connectivity index (χ2n) is 3.02. The van der Waals surface area contributed by atoms with Gasteiger partial charge in [0.15, 0.2) is 0 Å². The number of aliphatic hydroxyl groups excluding tert-OH is 1. The minimum absolute atomic E-state index is 0.120. The Bertz CT molecular complexity index is 307. The van der Waals surface area contributed by atoms with Crippen LogP contribution in [0.4, 0.5) is 0 Å².